The zero-order chi connectivity index (χ0) is 12.6. The third-order valence-corrected chi connectivity index (χ3v) is 3.51. The molecule has 0 unspecified atom stereocenters. The van der Waals surface area contributed by atoms with Gasteiger partial charge in [0.15, 0.2) is 5.78 Å². The second-order valence-electron chi connectivity index (χ2n) is 5.20. The zero-order valence-electron chi connectivity index (χ0n) is 10.0. The molecule has 0 aromatic carbocycles. The molecule has 4 nitrogen and oxygen atoms in total. The lowest BCUT2D eigenvalue weighted by Crippen LogP contribution is -2.51. The quantitative estimate of drug-likeness (QED) is 0.410. The van der Waals surface area contributed by atoms with Crippen molar-refractivity contribution >= 4 is 28.9 Å². The van der Waals surface area contributed by atoms with Crippen LogP contribution in [0, 0.1) is 5.92 Å². The van der Waals surface area contributed by atoms with Gasteiger partial charge in [-0.15, -0.1) is 0 Å². The number of Topliss-reactive ketones (excluding diaryl/α,β-unsaturated/α-hetero) is 1. The molecule has 0 aromatic rings. The molecule has 17 heavy (non-hydrogen) atoms. The summed E-state index contributed by atoms with van der Waals surface area (Å²) in [5.41, 5.74) is -0.180. The molecule has 2 rings (SSSR count). The Kier molecular flexibility index (Phi) is 3.03. The molecule has 1 atom stereocenters. The Morgan fingerprint density at radius 3 is 2.65 bits per heavy atom. The van der Waals surface area contributed by atoms with Crippen LogP contribution in [0.3, 0.4) is 0 Å². The van der Waals surface area contributed by atoms with E-state index in [1.165, 1.54) is 0 Å². The van der Waals surface area contributed by atoms with E-state index in [2.05, 4.69) is 10.6 Å². The average Bonchev–Trinajstić information content (AvgIpc) is 2.56. The van der Waals surface area contributed by atoms with Crippen LogP contribution in [0.4, 0.5) is 0 Å². The molecule has 2 aliphatic heterocycles. The van der Waals surface area contributed by atoms with Crippen LogP contribution in [0.25, 0.3) is 0 Å². The number of rotatable bonds is 1. The number of nitrogens with one attached hydrogen (secondary N) is 2. The normalized spacial score (nSPS) is 30.4. The van der Waals surface area contributed by atoms with E-state index in [9.17, 15) is 9.59 Å². The van der Waals surface area contributed by atoms with E-state index in [0.717, 1.165) is 18.0 Å². The highest BCUT2D eigenvalue weighted by Gasteiger charge is 2.35. The smallest absolute Gasteiger partial charge is 0.255 e. The van der Waals surface area contributed by atoms with Crippen LogP contribution >= 0.6 is 12.2 Å². The summed E-state index contributed by atoms with van der Waals surface area (Å²) < 4.78 is 0. The first kappa shape index (κ1) is 12.2. The molecule has 2 aliphatic rings. The summed E-state index contributed by atoms with van der Waals surface area (Å²) in [7, 11) is 0. The summed E-state index contributed by atoms with van der Waals surface area (Å²) in [6.07, 6.45) is 2.92. The molecule has 2 N–H and O–H groups in total. The fourth-order valence-corrected chi connectivity index (χ4v) is 2.47. The summed E-state index contributed by atoms with van der Waals surface area (Å²) in [6.45, 7) is 4.51. The van der Waals surface area contributed by atoms with Gasteiger partial charge in [0.1, 0.15) is 0 Å². The maximum atomic E-state index is 11.9. The molecule has 0 aliphatic carbocycles. The Balaban J connectivity index is 2.21. The summed E-state index contributed by atoms with van der Waals surface area (Å²) in [6, 6.07) is 0. The lowest BCUT2D eigenvalue weighted by Gasteiger charge is -2.31. The molecule has 0 radical (unpaired) electrons. The van der Waals surface area contributed by atoms with Crippen molar-refractivity contribution in [2.24, 2.45) is 5.92 Å². The highest BCUT2D eigenvalue weighted by Crippen LogP contribution is 2.22. The van der Waals surface area contributed by atoms with E-state index in [0.29, 0.717) is 6.42 Å². The number of hydrogen-bond acceptors (Lipinski definition) is 3. The Hall–Kier alpha value is -1.23. The minimum absolute atomic E-state index is 0.0240. The van der Waals surface area contributed by atoms with E-state index >= 15 is 0 Å². The van der Waals surface area contributed by atoms with E-state index in [4.69, 9.17) is 12.2 Å². The largest absolute Gasteiger partial charge is 0.379 e. The average molecular weight is 252 g/mol. The molecule has 92 valence electrons. The molecule has 2 saturated heterocycles. The van der Waals surface area contributed by atoms with E-state index in [1.807, 2.05) is 13.8 Å². The highest BCUT2D eigenvalue weighted by molar-refractivity contribution is 7.80. The molecule has 0 bridgehead atoms. The highest BCUT2D eigenvalue weighted by atomic mass is 32.1. The Bertz CT molecular complexity index is 404. The maximum absolute atomic E-state index is 11.9. The van der Waals surface area contributed by atoms with Crippen LogP contribution in [-0.4, -0.2) is 28.8 Å². The van der Waals surface area contributed by atoms with Crippen LogP contribution in [0.5, 0.6) is 0 Å². The number of hydrogen-bond donors (Lipinski definition) is 2. The van der Waals surface area contributed by atoms with Gasteiger partial charge in [-0.2, -0.15) is 0 Å². The van der Waals surface area contributed by atoms with E-state index in [-0.39, 0.29) is 23.2 Å². The Morgan fingerprint density at radius 1 is 1.41 bits per heavy atom. The summed E-state index contributed by atoms with van der Waals surface area (Å²) in [4.78, 5) is 24.5. The van der Waals surface area contributed by atoms with Gasteiger partial charge in [-0.3, -0.25) is 9.59 Å². The van der Waals surface area contributed by atoms with Crippen molar-refractivity contribution in [3.05, 3.63) is 11.6 Å². The molecule has 5 heteroatoms. The SMILES string of the molecule is CC1(C)CC(=O)/C(=C/[C@@H]2CCNC2=S)C(=O)N1. The molecule has 2 heterocycles. The molecular weight excluding hydrogens is 236 g/mol. The van der Waals surface area contributed by atoms with Crippen molar-refractivity contribution in [3.8, 4) is 0 Å². The maximum Gasteiger partial charge on any atom is 0.255 e. The van der Waals surface area contributed by atoms with Gasteiger partial charge in [-0.1, -0.05) is 18.3 Å². The summed E-state index contributed by atoms with van der Waals surface area (Å²) >= 11 is 5.13. The first-order valence-electron chi connectivity index (χ1n) is 5.74. The van der Waals surface area contributed by atoms with Crippen LogP contribution < -0.4 is 10.6 Å². The van der Waals surface area contributed by atoms with Gasteiger partial charge in [0.05, 0.1) is 10.6 Å². The Morgan fingerprint density at radius 2 is 2.12 bits per heavy atom. The van der Waals surface area contributed by atoms with Crippen LogP contribution in [-0.2, 0) is 9.59 Å². The zero-order valence-corrected chi connectivity index (χ0v) is 10.8. The lowest BCUT2D eigenvalue weighted by atomic mass is 9.87. The minimum atomic E-state index is -0.445. The van der Waals surface area contributed by atoms with Crippen molar-refractivity contribution in [1.29, 1.82) is 0 Å². The summed E-state index contributed by atoms with van der Waals surface area (Å²) in [5, 5.41) is 5.88. The van der Waals surface area contributed by atoms with Gasteiger partial charge in [0.2, 0.25) is 0 Å². The van der Waals surface area contributed by atoms with E-state index < -0.39 is 5.54 Å². The first-order chi connectivity index (χ1) is 7.89. The predicted molar refractivity (Wildman–Crippen MR) is 68.6 cm³/mol. The van der Waals surface area contributed by atoms with Crippen molar-refractivity contribution < 1.29 is 9.59 Å². The first-order valence-corrected chi connectivity index (χ1v) is 6.15. The van der Waals surface area contributed by atoms with Crippen LogP contribution in [0.15, 0.2) is 11.6 Å². The fraction of sp³-hybridized carbons (Fsp3) is 0.583. The van der Waals surface area contributed by atoms with Gasteiger partial charge in [-0.25, -0.2) is 0 Å². The van der Waals surface area contributed by atoms with Gasteiger partial charge in [-0.05, 0) is 20.3 Å². The number of amides is 1. The molecule has 0 spiro atoms. The topological polar surface area (TPSA) is 58.2 Å². The van der Waals surface area contributed by atoms with E-state index in [1.54, 1.807) is 6.08 Å². The Labute approximate surface area is 106 Å². The fourth-order valence-electron chi connectivity index (χ4n) is 2.18. The molecule has 2 fully saturated rings. The van der Waals surface area contributed by atoms with Gasteiger partial charge >= 0.3 is 0 Å². The standard InChI is InChI=1S/C12H16N2O2S/c1-12(2)6-9(15)8(10(16)14-12)5-7-3-4-13-11(7)17/h5,7H,3-4,6H2,1-2H3,(H,13,17)(H,14,16)/b8-5-/t7-/m0/s1. The molecule has 1 amide bonds. The number of piperidine rings is 1. The third kappa shape index (κ3) is 2.54. The minimum Gasteiger partial charge on any atom is -0.379 e. The molecule has 0 saturated carbocycles. The second-order valence-corrected chi connectivity index (χ2v) is 5.64. The third-order valence-electron chi connectivity index (χ3n) is 3.06. The predicted octanol–water partition coefficient (Wildman–Crippen LogP) is 0.717. The van der Waals surface area contributed by atoms with Crippen LogP contribution in [0.1, 0.15) is 26.7 Å². The second kappa shape index (κ2) is 4.22. The number of thiocarbonyl (C=S) groups is 1. The van der Waals surface area contributed by atoms with Crippen LogP contribution in [0.2, 0.25) is 0 Å². The van der Waals surface area contributed by atoms with Gasteiger partial charge < -0.3 is 10.6 Å². The lowest BCUT2D eigenvalue weighted by molar-refractivity contribution is -0.127. The van der Waals surface area contributed by atoms with Crippen molar-refractivity contribution in [1.82, 2.24) is 10.6 Å². The van der Waals surface area contributed by atoms with Crippen molar-refractivity contribution in [3.63, 3.8) is 0 Å². The number of carbonyl (C=O) groups excluding carboxylic acids is 2. The van der Waals surface area contributed by atoms with Crippen molar-refractivity contribution in [2.45, 2.75) is 32.2 Å². The van der Waals surface area contributed by atoms with Crippen molar-refractivity contribution in [2.75, 3.05) is 6.54 Å². The number of ketones is 1. The monoisotopic (exact) mass is 252 g/mol. The molecule has 0 aromatic heterocycles. The molecular formula is C12H16N2O2S. The van der Waals surface area contributed by atoms with Gasteiger partial charge in [0.25, 0.3) is 5.91 Å². The summed E-state index contributed by atoms with van der Waals surface area (Å²) in [5.74, 6) is -0.342. The number of carbonyl (C=O) groups is 2. The van der Waals surface area contributed by atoms with Gasteiger partial charge in [0, 0.05) is 24.4 Å².